The number of hydrogen-bond acceptors (Lipinski definition) is 8. The molecule has 0 radical (unpaired) electrons. The first-order chi connectivity index (χ1) is 11.9. The summed E-state index contributed by atoms with van der Waals surface area (Å²) in [6, 6.07) is 8.02. The van der Waals surface area contributed by atoms with Gasteiger partial charge >= 0.3 is 11.0 Å². The number of rotatable bonds is 5. The Morgan fingerprint density at radius 1 is 1.28 bits per heavy atom. The van der Waals surface area contributed by atoms with Crippen molar-refractivity contribution in [3.05, 3.63) is 63.1 Å². The van der Waals surface area contributed by atoms with E-state index < -0.39 is 22.8 Å². The summed E-state index contributed by atoms with van der Waals surface area (Å²) >= 11 is 0.714. The van der Waals surface area contributed by atoms with Gasteiger partial charge in [0.25, 0.3) is 5.89 Å². The van der Waals surface area contributed by atoms with Gasteiger partial charge in [-0.15, -0.1) is 10.2 Å². The van der Waals surface area contributed by atoms with E-state index in [0.29, 0.717) is 16.9 Å². The topological polar surface area (TPSA) is 108 Å². The Morgan fingerprint density at radius 2 is 2.00 bits per heavy atom. The number of carbonyl (C=O) groups is 1. The van der Waals surface area contributed by atoms with Gasteiger partial charge in [0.2, 0.25) is 5.89 Å². The molecule has 2 aromatic heterocycles. The Bertz CT molecular complexity index is 921. The van der Waals surface area contributed by atoms with Gasteiger partial charge in [0.15, 0.2) is 6.10 Å². The van der Waals surface area contributed by atoms with Gasteiger partial charge in [0.1, 0.15) is 10.7 Å². The number of ether oxygens (including phenoxy) is 1. The predicted octanol–water partition coefficient (Wildman–Crippen LogP) is 3.76. The fraction of sp³-hybridized carbons (Fsp3) is 0.133. The first-order valence-electron chi connectivity index (χ1n) is 6.98. The van der Waals surface area contributed by atoms with Crippen molar-refractivity contribution >= 4 is 22.3 Å². The molecule has 128 valence electrons. The van der Waals surface area contributed by atoms with Crippen LogP contribution in [-0.4, -0.2) is 21.1 Å². The maximum absolute atomic E-state index is 12.9. The lowest BCUT2D eigenvalue weighted by molar-refractivity contribution is -0.380. The summed E-state index contributed by atoms with van der Waals surface area (Å²) in [5.41, 5.74) is 0.521. The van der Waals surface area contributed by atoms with Crippen molar-refractivity contribution < 1.29 is 23.3 Å². The molecule has 0 spiro atoms. The van der Waals surface area contributed by atoms with E-state index in [-0.39, 0.29) is 21.7 Å². The van der Waals surface area contributed by atoms with E-state index in [9.17, 15) is 19.3 Å². The molecule has 25 heavy (non-hydrogen) atoms. The van der Waals surface area contributed by atoms with Crippen LogP contribution in [0, 0.1) is 15.9 Å². The minimum Gasteiger partial charge on any atom is -0.448 e. The second kappa shape index (κ2) is 6.77. The summed E-state index contributed by atoms with van der Waals surface area (Å²) in [5, 5.41) is 18.1. The van der Waals surface area contributed by atoms with Crippen LogP contribution in [0.15, 0.2) is 40.8 Å². The van der Waals surface area contributed by atoms with E-state index in [2.05, 4.69) is 10.2 Å². The summed E-state index contributed by atoms with van der Waals surface area (Å²) in [4.78, 5) is 22.2. The number of nitrogens with zero attached hydrogens (tertiary/aromatic N) is 3. The van der Waals surface area contributed by atoms with Gasteiger partial charge in [-0.1, -0.05) is 11.3 Å². The molecule has 0 aliphatic heterocycles. The zero-order chi connectivity index (χ0) is 18.0. The average Bonchev–Trinajstić information content (AvgIpc) is 3.25. The molecule has 0 fully saturated rings. The van der Waals surface area contributed by atoms with Crippen molar-refractivity contribution in [3.63, 3.8) is 0 Å². The summed E-state index contributed by atoms with van der Waals surface area (Å²) in [6.07, 6.45) is -0.852. The predicted molar refractivity (Wildman–Crippen MR) is 84.5 cm³/mol. The highest BCUT2D eigenvalue weighted by molar-refractivity contribution is 7.17. The van der Waals surface area contributed by atoms with Crippen LogP contribution in [0.2, 0.25) is 0 Å². The highest BCUT2D eigenvalue weighted by Gasteiger charge is 2.22. The molecule has 3 rings (SSSR count). The molecule has 8 nitrogen and oxygen atoms in total. The third-order valence-corrected chi connectivity index (χ3v) is 4.15. The van der Waals surface area contributed by atoms with Crippen LogP contribution in [0.5, 0.6) is 0 Å². The molecule has 0 aliphatic rings. The number of aromatic nitrogens is 2. The molecule has 1 atom stereocenters. The number of esters is 1. The Hall–Kier alpha value is -3.14. The van der Waals surface area contributed by atoms with E-state index in [1.54, 1.807) is 0 Å². The molecule has 1 aromatic carbocycles. The largest absolute Gasteiger partial charge is 0.448 e. The van der Waals surface area contributed by atoms with Gasteiger partial charge in [-0.05, 0) is 37.3 Å². The Balaban J connectivity index is 1.70. The molecule has 3 aromatic rings. The fourth-order valence-corrected chi connectivity index (χ4v) is 2.62. The number of hydrogen-bond donors (Lipinski definition) is 0. The highest BCUT2D eigenvalue weighted by Crippen LogP contribution is 2.27. The molecule has 0 bridgehead atoms. The maximum Gasteiger partial charge on any atom is 0.349 e. The molecule has 0 saturated carbocycles. The van der Waals surface area contributed by atoms with E-state index >= 15 is 0 Å². The molecule has 0 N–H and O–H groups in total. The van der Waals surface area contributed by atoms with Crippen molar-refractivity contribution in [2.45, 2.75) is 13.0 Å². The second-order valence-corrected chi connectivity index (χ2v) is 5.96. The minimum atomic E-state index is -0.852. The van der Waals surface area contributed by atoms with Crippen molar-refractivity contribution in [2.24, 2.45) is 0 Å². The van der Waals surface area contributed by atoms with Crippen LogP contribution in [-0.2, 0) is 4.74 Å². The quantitative estimate of drug-likeness (QED) is 0.386. The second-order valence-electron chi connectivity index (χ2n) is 4.89. The van der Waals surface area contributed by atoms with E-state index in [0.717, 1.165) is 0 Å². The normalized spacial score (nSPS) is 11.9. The third-order valence-electron chi connectivity index (χ3n) is 3.14. The molecule has 0 aliphatic carbocycles. The van der Waals surface area contributed by atoms with Crippen LogP contribution in [0.3, 0.4) is 0 Å². The van der Waals surface area contributed by atoms with Crippen LogP contribution in [0.25, 0.3) is 11.5 Å². The van der Waals surface area contributed by atoms with Crippen LogP contribution in [0.1, 0.15) is 28.6 Å². The Labute approximate surface area is 144 Å². The van der Waals surface area contributed by atoms with E-state index in [1.807, 2.05) is 0 Å². The number of thiophene rings is 1. The van der Waals surface area contributed by atoms with Crippen LogP contribution >= 0.6 is 11.3 Å². The van der Waals surface area contributed by atoms with E-state index in [4.69, 9.17) is 9.15 Å². The SMILES string of the molecule is C[C@H](OC(=O)c1ccc([N+](=O)[O-])s1)c1nnc(-c2ccc(F)cc2)o1. The van der Waals surface area contributed by atoms with Gasteiger partial charge in [0, 0.05) is 11.6 Å². The van der Waals surface area contributed by atoms with Crippen LogP contribution in [0.4, 0.5) is 9.39 Å². The van der Waals surface area contributed by atoms with Gasteiger partial charge in [-0.25, -0.2) is 9.18 Å². The zero-order valence-electron chi connectivity index (χ0n) is 12.7. The maximum atomic E-state index is 12.9. The van der Waals surface area contributed by atoms with Crippen LogP contribution < -0.4 is 0 Å². The summed E-state index contributed by atoms with van der Waals surface area (Å²) in [7, 11) is 0. The molecular formula is C15H10FN3O5S. The van der Waals surface area contributed by atoms with E-state index in [1.165, 1.54) is 43.3 Å². The third kappa shape index (κ3) is 3.69. The first-order valence-corrected chi connectivity index (χ1v) is 7.80. The van der Waals surface area contributed by atoms with Gasteiger partial charge in [-0.2, -0.15) is 0 Å². The fourth-order valence-electron chi connectivity index (χ4n) is 1.91. The molecule has 10 heteroatoms. The lowest BCUT2D eigenvalue weighted by Crippen LogP contribution is -2.08. The van der Waals surface area contributed by atoms with Crippen molar-refractivity contribution in [3.8, 4) is 11.5 Å². The number of benzene rings is 1. The van der Waals surface area contributed by atoms with Gasteiger partial charge < -0.3 is 9.15 Å². The zero-order valence-corrected chi connectivity index (χ0v) is 13.5. The number of carbonyl (C=O) groups excluding carboxylic acids is 1. The standard InChI is InChI=1S/C15H10FN3O5S/c1-8(23-15(20)11-6-7-12(25-11)19(21)22)13-17-18-14(24-13)9-2-4-10(16)5-3-9/h2-8H,1H3/t8-/m0/s1. The summed E-state index contributed by atoms with van der Waals surface area (Å²) < 4.78 is 23.5. The lowest BCUT2D eigenvalue weighted by atomic mass is 10.2. The van der Waals surface area contributed by atoms with Crippen molar-refractivity contribution in [1.82, 2.24) is 10.2 Å². The summed E-state index contributed by atoms with van der Waals surface area (Å²) in [5.74, 6) is -0.911. The molecule has 0 unspecified atom stereocenters. The monoisotopic (exact) mass is 363 g/mol. The highest BCUT2D eigenvalue weighted by atomic mass is 32.1. The lowest BCUT2D eigenvalue weighted by Gasteiger charge is -2.07. The average molecular weight is 363 g/mol. The van der Waals surface area contributed by atoms with Crippen molar-refractivity contribution in [1.29, 1.82) is 0 Å². The molecule has 0 amide bonds. The smallest absolute Gasteiger partial charge is 0.349 e. The summed E-state index contributed by atoms with van der Waals surface area (Å²) in [6.45, 7) is 1.53. The van der Waals surface area contributed by atoms with Gasteiger partial charge in [-0.3, -0.25) is 10.1 Å². The first kappa shape index (κ1) is 16.7. The van der Waals surface area contributed by atoms with Gasteiger partial charge in [0.05, 0.1) is 4.92 Å². The number of halogens is 1. The van der Waals surface area contributed by atoms with Crippen molar-refractivity contribution in [2.75, 3.05) is 0 Å². The number of nitro groups is 1. The Kier molecular flexibility index (Phi) is 4.52. The minimum absolute atomic E-state index is 0.0544. The Morgan fingerprint density at radius 3 is 2.64 bits per heavy atom. The molecule has 0 saturated heterocycles. The molecular weight excluding hydrogens is 353 g/mol. The molecule has 2 heterocycles.